The molecular weight excluding hydrogens is 392 g/mol. The molecule has 2 aromatic carbocycles. The molecule has 0 amide bonds. The van der Waals surface area contributed by atoms with Crippen molar-refractivity contribution in [3.8, 4) is 22.3 Å². The molecule has 4 nitrogen and oxygen atoms in total. The summed E-state index contributed by atoms with van der Waals surface area (Å²) in [4.78, 5) is 8.73. The lowest BCUT2D eigenvalue weighted by molar-refractivity contribution is 1.26. The number of nitrogens with zero attached hydrogens (tertiary/aromatic N) is 2. The van der Waals surface area contributed by atoms with E-state index < -0.39 is 0 Å². The lowest BCUT2D eigenvalue weighted by Crippen LogP contribution is -2.12. The van der Waals surface area contributed by atoms with Crippen LogP contribution in [0.1, 0.15) is 22.3 Å². The van der Waals surface area contributed by atoms with E-state index in [1.807, 2.05) is 68.8 Å². The molecule has 4 aromatic rings. The minimum Gasteiger partial charge on any atom is -0.354 e. The number of nitrogens with one attached hydrogen (secondary N) is 2. The lowest BCUT2D eigenvalue weighted by atomic mass is 9.92. The minimum atomic E-state index is 0.377. The quantitative estimate of drug-likeness (QED) is 0.341. The van der Waals surface area contributed by atoms with Gasteiger partial charge in [0.2, 0.25) is 0 Å². The zero-order chi connectivity index (χ0) is 22.7. The average Bonchev–Trinajstić information content (AvgIpc) is 2.81. The highest BCUT2D eigenvalue weighted by atomic mass is 14.9. The first-order valence-corrected chi connectivity index (χ1v) is 10.5. The monoisotopic (exact) mass is 418 g/mol. The molecule has 158 valence electrons. The Morgan fingerprint density at radius 1 is 0.812 bits per heavy atom. The number of aromatic nitrogens is 2. The summed E-state index contributed by atoms with van der Waals surface area (Å²) in [6, 6.07) is 18.2. The summed E-state index contributed by atoms with van der Waals surface area (Å²) in [5, 5.41) is 12.1. The van der Waals surface area contributed by atoms with Crippen LogP contribution in [0.25, 0.3) is 22.3 Å². The molecule has 0 bridgehead atoms. The molecule has 4 rings (SSSR count). The van der Waals surface area contributed by atoms with E-state index in [0.717, 1.165) is 50.2 Å². The fourth-order valence-corrected chi connectivity index (χ4v) is 3.79. The predicted molar refractivity (Wildman–Crippen MR) is 133 cm³/mol. The fourth-order valence-electron chi connectivity index (χ4n) is 3.79. The molecule has 4 heteroatoms. The molecule has 0 aliphatic rings. The third-order valence-corrected chi connectivity index (χ3v) is 5.74. The van der Waals surface area contributed by atoms with Gasteiger partial charge in [0.15, 0.2) is 0 Å². The van der Waals surface area contributed by atoms with Gasteiger partial charge in [0.1, 0.15) is 0 Å². The van der Waals surface area contributed by atoms with Crippen LogP contribution in [-0.2, 0) is 0 Å². The van der Waals surface area contributed by atoms with Crippen molar-refractivity contribution in [2.75, 3.05) is 5.32 Å². The van der Waals surface area contributed by atoms with Crippen molar-refractivity contribution in [1.29, 1.82) is 5.41 Å². The summed E-state index contributed by atoms with van der Waals surface area (Å²) >= 11 is 0. The number of anilines is 1. The highest BCUT2D eigenvalue weighted by Gasteiger charge is 2.14. The van der Waals surface area contributed by atoms with E-state index >= 15 is 0 Å². The van der Waals surface area contributed by atoms with Gasteiger partial charge < -0.3 is 5.32 Å². The fraction of sp³-hybridized carbons (Fsp3) is 0.107. The van der Waals surface area contributed by atoms with Crippen LogP contribution < -0.4 is 5.32 Å². The Hall–Kier alpha value is -4.05. The Labute approximate surface area is 189 Å². The number of para-hydroxylation sites is 1. The average molecular weight is 419 g/mol. The SMILES string of the molecule is C=C(Nc1ccccc1C)C(=N)c1cc(-c2cncc(-c3cccnc3)c2C)ccc1C. The molecule has 0 atom stereocenters. The van der Waals surface area contributed by atoms with Gasteiger partial charge in [0, 0.05) is 52.7 Å². The summed E-state index contributed by atoms with van der Waals surface area (Å²) in [6.45, 7) is 10.3. The van der Waals surface area contributed by atoms with Crippen molar-refractivity contribution in [1.82, 2.24) is 9.97 Å². The van der Waals surface area contributed by atoms with Crippen LogP contribution in [0.15, 0.2) is 91.7 Å². The minimum absolute atomic E-state index is 0.377. The van der Waals surface area contributed by atoms with Gasteiger partial charge in [-0.1, -0.05) is 43.0 Å². The summed E-state index contributed by atoms with van der Waals surface area (Å²) in [5.74, 6) is 0. The maximum atomic E-state index is 8.80. The Morgan fingerprint density at radius 2 is 1.56 bits per heavy atom. The molecule has 0 radical (unpaired) electrons. The molecular formula is C28H26N4. The molecule has 2 heterocycles. The number of rotatable bonds is 6. The predicted octanol–water partition coefficient (Wildman–Crippen LogP) is 6.73. The van der Waals surface area contributed by atoms with Crippen LogP contribution in [0.3, 0.4) is 0 Å². The van der Waals surface area contributed by atoms with E-state index in [9.17, 15) is 0 Å². The van der Waals surface area contributed by atoms with E-state index in [2.05, 4.69) is 47.0 Å². The first kappa shape index (κ1) is 21.2. The van der Waals surface area contributed by atoms with Crippen molar-refractivity contribution in [3.63, 3.8) is 0 Å². The molecule has 0 spiro atoms. The van der Waals surface area contributed by atoms with Crippen LogP contribution >= 0.6 is 0 Å². The molecule has 2 aromatic heterocycles. The first-order valence-electron chi connectivity index (χ1n) is 10.5. The third kappa shape index (κ3) is 4.21. The van der Waals surface area contributed by atoms with Gasteiger partial charge in [0.25, 0.3) is 0 Å². The van der Waals surface area contributed by atoms with Crippen LogP contribution in [0.2, 0.25) is 0 Å². The molecule has 0 saturated carbocycles. The van der Waals surface area contributed by atoms with Gasteiger partial charge in [0.05, 0.1) is 11.4 Å². The van der Waals surface area contributed by atoms with Gasteiger partial charge in [-0.05, 0) is 61.2 Å². The maximum absolute atomic E-state index is 8.80. The maximum Gasteiger partial charge on any atom is 0.0843 e. The molecule has 0 unspecified atom stereocenters. The van der Waals surface area contributed by atoms with Gasteiger partial charge >= 0.3 is 0 Å². The van der Waals surface area contributed by atoms with Crippen LogP contribution in [-0.4, -0.2) is 15.7 Å². The van der Waals surface area contributed by atoms with Crippen molar-refractivity contribution in [2.45, 2.75) is 20.8 Å². The first-order chi connectivity index (χ1) is 15.5. The van der Waals surface area contributed by atoms with Crippen molar-refractivity contribution in [2.24, 2.45) is 0 Å². The summed E-state index contributed by atoms with van der Waals surface area (Å²) in [7, 11) is 0. The lowest BCUT2D eigenvalue weighted by Gasteiger charge is -2.16. The smallest absolute Gasteiger partial charge is 0.0843 e. The second kappa shape index (κ2) is 8.98. The number of aryl methyl sites for hydroxylation is 2. The summed E-state index contributed by atoms with van der Waals surface area (Å²) < 4.78 is 0. The summed E-state index contributed by atoms with van der Waals surface area (Å²) in [5.41, 5.74) is 10.2. The molecule has 0 saturated heterocycles. The normalized spacial score (nSPS) is 10.6. The number of allylic oxidation sites excluding steroid dienone is 1. The largest absolute Gasteiger partial charge is 0.354 e. The third-order valence-electron chi connectivity index (χ3n) is 5.74. The number of hydrogen-bond donors (Lipinski definition) is 2. The van der Waals surface area contributed by atoms with Crippen molar-refractivity contribution in [3.05, 3.63) is 114 Å². The van der Waals surface area contributed by atoms with E-state index in [1.54, 1.807) is 6.20 Å². The Morgan fingerprint density at radius 3 is 2.28 bits per heavy atom. The number of pyridine rings is 2. The molecule has 2 N–H and O–H groups in total. The molecule has 0 fully saturated rings. The standard InChI is InChI=1S/C28H26N4/c1-18-11-12-22(25-16-31-17-26(20(25)3)23-9-7-13-30-15-23)14-24(18)28(29)21(4)32-27-10-6-5-8-19(27)2/h5-17,29,32H,4H2,1-3H3. The number of benzene rings is 2. The summed E-state index contributed by atoms with van der Waals surface area (Å²) in [6.07, 6.45) is 7.38. The van der Waals surface area contributed by atoms with Gasteiger partial charge in [-0.15, -0.1) is 0 Å². The van der Waals surface area contributed by atoms with E-state index in [-0.39, 0.29) is 0 Å². The molecule has 0 aliphatic carbocycles. The van der Waals surface area contributed by atoms with Crippen molar-refractivity contribution >= 4 is 11.4 Å². The van der Waals surface area contributed by atoms with Crippen LogP contribution in [0.4, 0.5) is 5.69 Å². The Kier molecular flexibility index (Phi) is 5.95. The highest BCUT2D eigenvalue weighted by Crippen LogP contribution is 2.32. The zero-order valence-corrected chi connectivity index (χ0v) is 18.6. The zero-order valence-electron chi connectivity index (χ0n) is 18.6. The highest BCUT2D eigenvalue weighted by molar-refractivity contribution is 6.13. The second-order valence-electron chi connectivity index (χ2n) is 7.92. The second-order valence-corrected chi connectivity index (χ2v) is 7.92. The van der Waals surface area contributed by atoms with Crippen LogP contribution in [0.5, 0.6) is 0 Å². The van der Waals surface area contributed by atoms with Gasteiger partial charge in [-0.25, -0.2) is 0 Å². The molecule has 32 heavy (non-hydrogen) atoms. The van der Waals surface area contributed by atoms with Gasteiger partial charge in [-0.2, -0.15) is 0 Å². The van der Waals surface area contributed by atoms with E-state index in [0.29, 0.717) is 11.4 Å². The van der Waals surface area contributed by atoms with Gasteiger partial charge in [-0.3, -0.25) is 15.4 Å². The van der Waals surface area contributed by atoms with Crippen LogP contribution in [0, 0.1) is 26.2 Å². The van der Waals surface area contributed by atoms with E-state index in [4.69, 9.17) is 5.41 Å². The molecule has 0 aliphatic heterocycles. The topological polar surface area (TPSA) is 61.7 Å². The van der Waals surface area contributed by atoms with E-state index in [1.165, 1.54) is 0 Å². The van der Waals surface area contributed by atoms with Crippen molar-refractivity contribution < 1.29 is 0 Å². The Bertz CT molecular complexity index is 1310. The Balaban J connectivity index is 1.69. The number of hydrogen-bond acceptors (Lipinski definition) is 4.